The van der Waals surface area contributed by atoms with E-state index in [4.69, 9.17) is 0 Å². The van der Waals surface area contributed by atoms with Crippen molar-refractivity contribution in [1.82, 2.24) is 0 Å². The maximum atomic E-state index is 11.1. The molecule has 11 heavy (non-hydrogen) atoms. The Morgan fingerprint density at radius 1 is 1.73 bits per heavy atom. The van der Waals surface area contributed by atoms with Crippen molar-refractivity contribution < 1.29 is 9.53 Å². The zero-order valence-electron chi connectivity index (χ0n) is 7.09. The molecule has 62 valence electrons. The minimum atomic E-state index is -0.0579. The van der Waals surface area contributed by atoms with Crippen molar-refractivity contribution in [1.29, 1.82) is 0 Å². The van der Waals surface area contributed by atoms with Gasteiger partial charge in [-0.15, -0.1) is 0 Å². The molecule has 0 radical (unpaired) electrons. The minimum absolute atomic E-state index is 0.0579. The summed E-state index contributed by atoms with van der Waals surface area (Å²) >= 11 is 0. The highest BCUT2D eigenvalue weighted by Crippen LogP contribution is 2.24. The van der Waals surface area contributed by atoms with E-state index in [0.717, 1.165) is 19.3 Å². The first-order valence-corrected chi connectivity index (χ1v) is 3.97. The lowest BCUT2D eigenvalue weighted by Crippen LogP contribution is -2.18. The van der Waals surface area contributed by atoms with E-state index in [1.807, 2.05) is 0 Å². The van der Waals surface area contributed by atoms with Crippen LogP contribution in [0.25, 0.3) is 0 Å². The molecule has 0 heterocycles. The van der Waals surface area contributed by atoms with E-state index in [9.17, 15) is 4.79 Å². The van der Waals surface area contributed by atoms with Gasteiger partial charge < -0.3 is 4.74 Å². The number of allylic oxidation sites excluding steroid dienone is 2. The van der Waals surface area contributed by atoms with E-state index in [-0.39, 0.29) is 11.9 Å². The summed E-state index contributed by atoms with van der Waals surface area (Å²) in [4.78, 5) is 11.1. The first kappa shape index (κ1) is 8.31. The molecule has 0 aromatic rings. The van der Waals surface area contributed by atoms with Gasteiger partial charge in [-0.1, -0.05) is 11.6 Å². The number of hydrogen-bond acceptors (Lipinski definition) is 2. The lowest BCUT2D eigenvalue weighted by molar-refractivity contribution is -0.145. The Labute approximate surface area is 67.2 Å². The van der Waals surface area contributed by atoms with Gasteiger partial charge in [-0.2, -0.15) is 0 Å². The predicted molar refractivity (Wildman–Crippen MR) is 43.1 cm³/mol. The van der Waals surface area contributed by atoms with Crippen molar-refractivity contribution >= 4 is 5.97 Å². The fourth-order valence-corrected chi connectivity index (χ4v) is 1.47. The van der Waals surface area contributed by atoms with Crippen LogP contribution in [-0.4, -0.2) is 13.1 Å². The number of ether oxygens (including phenoxy) is 1. The van der Waals surface area contributed by atoms with Gasteiger partial charge in [0.1, 0.15) is 0 Å². The molecular formula is C9H14O2. The number of carbonyl (C=O) groups excluding carboxylic acids is 1. The van der Waals surface area contributed by atoms with Crippen molar-refractivity contribution in [2.24, 2.45) is 5.92 Å². The first-order valence-electron chi connectivity index (χ1n) is 3.97. The van der Waals surface area contributed by atoms with E-state index >= 15 is 0 Å². The van der Waals surface area contributed by atoms with Gasteiger partial charge in [-0.05, 0) is 26.2 Å². The van der Waals surface area contributed by atoms with E-state index in [2.05, 4.69) is 17.7 Å². The zero-order valence-corrected chi connectivity index (χ0v) is 7.09. The Balaban J connectivity index is 2.50. The highest BCUT2D eigenvalue weighted by molar-refractivity contribution is 5.72. The van der Waals surface area contributed by atoms with Crippen LogP contribution in [0.4, 0.5) is 0 Å². The monoisotopic (exact) mass is 154 g/mol. The molecule has 1 aliphatic rings. The molecule has 0 aliphatic heterocycles. The Morgan fingerprint density at radius 2 is 2.45 bits per heavy atom. The van der Waals surface area contributed by atoms with Crippen LogP contribution in [-0.2, 0) is 9.53 Å². The van der Waals surface area contributed by atoms with Gasteiger partial charge in [0.25, 0.3) is 0 Å². The van der Waals surface area contributed by atoms with Gasteiger partial charge in [-0.25, -0.2) is 0 Å². The number of esters is 1. The van der Waals surface area contributed by atoms with E-state index in [0.29, 0.717) is 0 Å². The number of methoxy groups -OCH3 is 1. The maximum absolute atomic E-state index is 11.1. The van der Waals surface area contributed by atoms with Crippen molar-refractivity contribution in [2.45, 2.75) is 26.2 Å². The summed E-state index contributed by atoms with van der Waals surface area (Å²) < 4.78 is 4.67. The molecule has 0 aromatic carbocycles. The van der Waals surface area contributed by atoms with Crippen LogP contribution in [0.15, 0.2) is 11.6 Å². The first-order chi connectivity index (χ1) is 5.24. The second-order valence-corrected chi connectivity index (χ2v) is 3.05. The molecule has 1 rings (SSSR count). The second-order valence-electron chi connectivity index (χ2n) is 3.05. The number of carbonyl (C=O) groups is 1. The third-order valence-corrected chi connectivity index (χ3v) is 2.11. The number of hydrogen-bond donors (Lipinski definition) is 0. The molecule has 2 nitrogen and oxygen atoms in total. The van der Waals surface area contributed by atoms with Crippen LogP contribution in [0.1, 0.15) is 26.2 Å². The van der Waals surface area contributed by atoms with E-state index in [1.54, 1.807) is 0 Å². The topological polar surface area (TPSA) is 26.3 Å². The third-order valence-electron chi connectivity index (χ3n) is 2.11. The van der Waals surface area contributed by atoms with Gasteiger partial charge in [-0.3, -0.25) is 4.79 Å². The van der Waals surface area contributed by atoms with Gasteiger partial charge in [0.2, 0.25) is 0 Å². The summed E-state index contributed by atoms with van der Waals surface area (Å²) in [5, 5.41) is 0. The molecular weight excluding hydrogens is 140 g/mol. The Bertz CT molecular complexity index is 182. The molecule has 0 saturated heterocycles. The SMILES string of the molecule is COC(=O)C1CCC=C(C)C1. The fourth-order valence-electron chi connectivity index (χ4n) is 1.47. The van der Waals surface area contributed by atoms with Crippen LogP contribution in [0.3, 0.4) is 0 Å². The van der Waals surface area contributed by atoms with Crippen LogP contribution in [0.2, 0.25) is 0 Å². The van der Waals surface area contributed by atoms with E-state index in [1.165, 1.54) is 12.7 Å². The largest absolute Gasteiger partial charge is 0.469 e. The lowest BCUT2D eigenvalue weighted by atomic mass is 9.90. The Hall–Kier alpha value is -0.790. The fraction of sp³-hybridized carbons (Fsp3) is 0.667. The quantitative estimate of drug-likeness (QED) is 0.426. The molecule has 0 amide bonds. The van der Waals surface area contributed by atoms with Crippen molar-refractivity contribution in [3.63, 3.8) is 0 Å². The van der Waals surface area contributed by atoms with Gasteiger partial charge in [0.15, 0.2) is 0 Å². The van der Waals surface area contributed by atoms with Crippen molar-refractivity contribution in [3.05, 3.63) is 11.6 Å². The molecule has 0 spiro atoms. The van der Waals surface area contributed by atoms with Crippen LogP contribution in [0.5, 0.6) is 0 Å². The summed E-state index contributed by atoms with van der Waals surface area (Å²) in [5.41, 5.74) is 1.31. The standard InChI is InChI=1S/C9H14O2/c1-7-4-3-5-8(6-7)9(10)11-2/h4,8H,3,5-6H2,1-2H3. The predicted octanol–water partition coefficient (Wildman–Crippen LogP) is 1.91. The van der Waals surface area contributed by atoms with Crippen LogP contribution >= 0.6 is 0 Å². The normalized spacial score (nSPS) is 24.2. The highest BCUT2D eigenvalue weighted by Gasteiger charge is 2.21. The molecule has 1 atom stereocenters. The zero-order chi connectivity index (χ0) is 8.27. The van der Waals surface area contributed by atoms with Gasteiger partial charge in [0.05, 0.1) is 13.0 Å². The molecule has 0 bridgehead atoms. The maximum Gasteiger partial charge on any atom is 0.308 e. The van der Waals surface area contributed by atoms with Crippen LogP contribution in [0, 0.1) is 5.92 Å². The van der Waals surface area contributed by atoms with Crippen LogP contribution < -0.4 is 0 Å². The lowest BCUT2D eigenvalue weighted by Gasteiger charge is -2.17. The smallest absolute Gasteiger partial charge is 0.308 e. The molecule has 0 N–H and O–H groups in total. The molecule has 0 saturated carbocycles. The second kappa shape index (κ2) is 3.56. The number of rotatable bonds is 1. The average molecular weight is 154 g/mol. The third kappa shape index (κ3) is 2.07. The highest BCUT2D eigenvalue weighted by atomic mass is 16.5. The molecule has 2 heteroatoms. The molecule has 0 aromatic heterocycles. The average Bonchev–Trinajstić information content (AvgIpc) is 2.03. The Kier molecular flexibility index (Phi) is 2.69. The minimum Gasteiger partial charge on any atom is -0.469 e. The van der Waals surface area contributed by atoms with Gasteiger partial charge >= 0.3 is 5.97 Å². The van der Waals surface area contributed by atoms with Crippen molar-refractivity contribution in [3.8, 4) is 0 Å². The molecule has 1 unspecified atom stereocenters. The summed E-state index contributed by atoms with van der Waals surface area (Å²) in [6.07, 6.45) is 5.04. The summed E-state index contributed by atoms with van der Waals surface area (Å²) in [5.74, 6) is 0.0578. The Morgan fingerprint density at radius 3 is 3.00 bits per heavy atom. The summed E-state index contributed by atoms with van der Waals surface area (Å²) in [6.45, 7) is 2.06. The van der Waals surface area contributed by atoms with E-state index < -0.39 is 0 Å². The van der Waals surface area contributed by atoms with Gasteiger partial charge in [0, 0.05) is 0 Å². The summed E-state index contributed by atoms with van der Waals surface area (Å²) in [6, 6.07) is 0. The summed E-state index contributed by atoms with van der Waals surface area (Å²) in [7, 11) is 1.45. The molecule has 0 fully saturated rings. The van der Waals surface area contributed by atoms with Crippen molar-refractivity contribution in [2.75, 3.05) is 7.11 Å². The molecule has 1 aliphatic carbocycles.